The van der Waals surface area contributed by atoms with Crippen molar-refractivity contribution in [1.82, 2.24) is 9.78 Å². The first-order valence-electron chi connectivity index (χ1n) is 6.53. The summed E-state index contributed by atoms with van der Waals surface area (Å²) < 4.78 is 1.69. The van der Waals surface area contributed by atoms with E-state index in [4.69, 9.17) is 11.6 Å². The molecule has 0 aliphatic heterocycles. The Kier molecular flexibility index (Phi) is 4.45. The van der Waals surface area contributed by atoms with Crippen LogP contribution in [0.3, 0.4) is 0 Å². The summed E-state index contributed by atoms with van der Waals surface area (Å²) in [6.07, 6.45) is 2.10. The van der Waals surface area contributed by atoms with Crippen LogP contribution < -0.4 is 5.32 Å². The molecule has 0 aliphatic carbocycles. The number of carbonyl (C=O) groups is 1. The zero-order valence-electron chi connectivity index (χ0n) is 11.9. The standard InChI is InChI=1S/C15H18ClN3O/c1-10-5-4-6-14(11(10)2)17-15(20)7-8-19-9-13(16)12(3)18-19/h4-6,9H,7-8H2,1-3H3,(H,17,20). The van der Waals surface area contributed by atoms with Crippen molar-refractivity contribution in [2.24, 2.45) is 0 Å². The maximum atomic E-state index is 12.0. The Labute approximate surface area is 123 Å². The van der Waals surface area contributed by atoms with Gasteiger partial charge in [0.25, 0.3) is 0 Å². The number of aryl methyl sites for hydroxylation is 3. The van der Waals surface area contributed by atoms with Gasteiger partial charge in [0.05, 0.1) is 10.7 Å². The van der Waals surface area contributed by atoms with Crippen LogP contribution in [0.25, 0.3) is 0 Å². The number of carbonyl (C=O) groups excluding carboxylic acids is 1. The fraction of sp³-hybridized carbons (Fsp3) is 0.333. The minimum Gasteiger partial charge on any atom is -0.326 e. The van der Waals surface area contributed by atoms with E-state index in [0.717, 1.165) is 22.5 Å². The molecule has 0 saturated heterocycles. The number of benzene rings is 1. The van der Waals surface area contributed by atoms with Crippen molar-refractivity contribution in [1.29, 1.82) is 0 Å². The normalized spacial score (nSPS) is 10.6. The summed E-state index contributed by atoms with van der Waals surface area (Å²) in [6, 6.07) is 5.88. The molecule has 5 heteroatoms. The fourth-order valence-electron chi connectivity index (χ4n) is 1.92. The van der Waals surface area contributed by atoms with Gasteiger partial charge in [-0.05, 0) is 38.0 Å². The molecule has 20 heavy (non-hydrogen) atoms. The van der Waals surface area contributed by atoms with Crippen molar-refractivity contribution in [3.8, 4) is 0 Å². The number of nitrogens with zero attached hydrogens (tertiary/aromatic N) is 2. The van der Waals surface area contributed by atoms with Gasteiger partial charge in [0.1, 0.15) is 0 Å². The van der Waals surface area contributed by atoms with Crippen LogP contribution in [-0.2, 0) is 11.3 Å². The van der Waals surface area contributed by atoms with Crippen LogP contribution in [0.2, 0.25) is 5.02 Å². The number of nitrogens with one attached hydrogen (secondary N) is 1. The van der Waals surface area contributed by atoms with Crippen LogP contribution in [-0.4, -0.2) is 15.7 Å². The summed E-state index contributed by atoms with van der Waals surface area (Å²) in [7, 11) is 0. The highest BCUT2D eigenvalue weighted by Crippen LogP contribution is 2.18. The van der Waals surface area contributed by atoms with E-state index in [2.05, 4.69) is 10.4 Å². The average molecular weight is 292 g/mol. The van der Waals surface area contributed by atoms with Crippen molar-refractivity contribution in [2.45, 2.75) is 33.7 Å². The zero-order valence-corrected chi connectivity index (χ0v) is 12.7. The number of amides is 1. The molecule has 0 saturated carbocycles. The lowest BCUT2D eigenvalue weighted by Gasteiger charge is -2.10. The fourth-order valence-corrected chi connectivity index (χ4v) is 2.07. The number of halogens is 1. The highest BCUT2D eigenvalue weighted by Gasteiger charge is 2.07. The third-order valence-corrected chi connectivity index (χ3v) is 3.70. The van der Waals surface area contributed by atoms with Crippen molar-refractivity contribution in [2.75, 3.05) is 5.32 Å². The van der Waals surface area contributed by atoms with Gasteiger partial charge in [-0.2, -0.15) is 5.10 Å². The van der Waals surface area contributed by atoms with Crippen LogP contribution in [0.4, 0.5) is 5.69 Å². The van der Waals surface area contributed by atoms with E-state index in [1.807, 2.05) is 39.0 Å². The van der Waals surface area contributed by atoms with Crippen LogP contribution in [0.1, 0.15) is 23.2 Å². The summed E-state index contributed by atoms with van der Waals surface area (Å²) in [5.74, 6) is -0.0250. The second-order valence-corrected chi connectivity index (χ2v) is 5.28. The van der Waals surface area contributed by atoms with Crippen molar-refractivity contribution in [3.63, 3.8) is 0 Å². The Morgan fingerprint density at radius 2 is 2.10 bits per heavy atom. The van der Waals surface area contributed by atoms with E-state index in [9.17, 15) is 4.79 Å². The minimum absolute atomic E-state index is 0.0250. The second-order valence-electron chi connectivity index (χ2n) is 4.87. The highest BCUT2D eigenvalue weighted by atomic mass is 35.5. The Morgan fingerprint density at radius 3 is 2.75 bits per heavy atom. The van der Waals surface area contributed by atoms with Crippen LogP contribution >= 0.6 is 11.6 Å². The molecule has 1 amide bonds. The lowest BCUT2D eigenvalue weighted by molar-refractivity contribution is -0.116. The Hall–Kier alpha value is -1.81. The number of hydrogen-bond acceptors (Lipinski definition) is 2. The maximum Gasteiger partial charge on any atom is 0.226 e. The molecular weight excluding hydrogens is 274 g/mol. The lowest BCUT2D eigenvalue weighted by Crippen LogP contribution is -2.15. The monoisotopic (exact) mass is 291 g/mol. The zero-order chi connectivity index (χ0) is 14.7. The third kappa shape index (κ3) is 3.39. The van der Waals surface area contributed by atoms with E-state index >= 15 is 0 Å². The molecule has 0 bridgehead atoms. The molecular formula is C15H18ClN3O. The van der Waals surface area contributed by atoms with Gasteiger partial charge in [0, 0.05) is 24.8 Å². The third-order valence-electron chi connectivity index (χ3n) is 3.33. The highest BCUT2D eigenvalue weighted by molar-refractivity contribution is 6.31. The van der Waals surface area contributed by atoms with Gasteiger partial charge < -0.3 is 5.32 Å². The molecule has 0 fully saturated rings. The number of rotatable bonds is 4. The summed E-state index contributed by atoms with van der Waals surface area (Å²) in [5.41, 5.74) is 3.90. The molecule has 0 spiro atoms. The van der Waals surface area contributed by atoms with Gasteiger partial charge in [-0.25, -0.2) is 0 Å². The molecule has 0 radical (unpaired) electrons. The van der Waals surface area contributed by atoms with Gasteiger partial charge in [0.15, 0.2) is 0 Å². The molecule has 1 heterocycles. The molecule has 2 aromatic rings. The maximum absolute atomic E-state index is 12.0. The first-order chi connectivity index (χ1) is 9.47. The second kappa shape index (κ2) is 6.09. The largest absolute Gasteiger partial charge is 0.326 e. The predicted octanol–water partition coefficient (Wildman–Crippen LogP) is 3.49. The molecule has 1 aromatic heterocycles. The molecule has 4 nitrogen and oxygen atoms in total. The van der Waals surface area contributed by atoms with Gasteiger partial charge in [-0.15, -0.1) is 0 Å². The summed E-state index contributed by atoms with van der Waals surface area (Å²) in [6.45, 7) is 6.39. The number of aromatic nitrogens is 2. The van der Waals surface area contributed by atoms with E-state index in [0.29, 0.717) is 18.0 Å². The summed E-state index contributed by atoms with van der Waals surface area (Å²) >= 11 is 5.93. The van der Waals surface area contributed by atoms with E-state index in [-0.39, 0.29) is 5.91 Å². The van der Waals surface area contributed by atoms with Crippen LogP contribution in [0.15, 0.2) is 24.4 Å². The minimum atomic E-state index is -0.0250. The topological polar surface area (TPSA) is 46.9 Å². The van der Waals surface area contributed by atoms with Gasteiger partial charge in [-0.3, -0.25) is 9.48 Å². The summed E-state index contributed by atoms with van der Waals surface area (Å²) in [4.78, 5) is 12.0. The Morgan fingerprint density at radius 1 is 1.35 bits per heavy atom. The van der Waals surface area contributed by atoms with Crippen molar-refractivity contribution < 1.29 is 4.79 Å². The number of anilines is 1. The quantitative estimate of drug-likeness (QED) is 0.937. The smallest absolute Gasteiger partial charge is 0.226 e. The first-order valence-corrected chi connectivity index (χ1v) is 6.91. The van der Waals surface area contributed by atoms with Crippen LogP contribution in [0, 0.1) is 20.8 Å². The van der Waals surface area contributed by atoms with E-state index in [1.165, 1.54) is 0 Å². The molecule has 0 atom stereocenters. The molecule has 106 valence electrons. The van der Waals surface area contributed by atoms with E-state index in [1.54, 1.807) is 10.9 Å². The molecule has 1 N–H and O–H groups in total. The first kappa shape index (κ1) is 14.6. The van der Waals surface area contributed by atoms with Crippen molar-refractivity contribution in [3.05, 3.63) is 46.2 Å². The predicted molar refractivity (Wildman–Crippen MR) is 81.1 cm³/mol. The van der Waals surface area contributed by atoms with Gasteiger partial charge in [-0.1, -0.05) is 23.7 Å². The lowest BCUT2D eigenvalue weighted by atomic mass is 10.1. The average Bonchev–Trinajstić information content (AvgIpc) is 2.72. The molecule has 2 rings (SSSR count). The van der Waals surface area contributed by atoms with E-state index < -0.39 is 0 Å². The Bertz CT molecular complexity index is 615. The summed E-state index contributed by atoms with van der Waals surface area (Å²) in [5, 5.41) is 7.78. The molecule has 1 aromatic carbocycles. The molecule has 0 unspecified atom stereocenters. The van der Waals surface area contributed by atoms with Crippen molar-refractivity contribution >= 4 is 23.2 Å². The SMILES string of the molecule is Cc1cccc(NC(=O)CCn2cc(Cl)c(C)n2)c1C. The van der Waals surface area contributed by atoms with Crippen LogP contribution in [0.5, 0.6) is 0 Å². The number of hydrogen-bond donors (Lipinski definition) is 1. The Balaban J connectivity index is 1.94. The van der Waals surface area contributed by atoms with Gasteiger partial charge >= 0.3 is 0 Å². The van der Waals surface area contributed by atoms with Gasteiger partial charge in [0.2, 0.25) is 5.91 Å². The molecule has 0 aliphatic rings.